The number of carbonyl (C=O) groups is 2. The Hall–Kier alpha value is -4.45. The molecule has 1 saturated carbocycles. The molecule has 0 aliphatic heterocycles. The van der Waals surface area contributed by atoms with Crippen LogP contribution in [-0.4, -0.2) is 62.0 Å². The van der Waals surface area contributed by atoms with Crippen molar-refractivity contribution in [3.8, 4) is 5.75 Å². The molecule has 1 aliphatic rings. The van der Waals surface area contributed by atoms with Gasteiger partial charge in [0.25, 0.3) is 5.69 Å². The van der Waals surface area contributed by atoms with E-state index in [0.29, 0.717) is 0 Å². The number of nitrogens with one attached hydrogen (secondary N) is 1. The third-order valence-electron chi connectivity index (χ3n) is 8.02. The summed E-state index contributed by atoms with van der Waals surface area (Å²) in [6.45, 7) is 1.28. The Bertz CT molecular complexity index is 1590. The number of hydrogen-bond donors (Lipinski definition) is 1. The standard InChI is InChI=1S/C33H40N4O7S/c1-24-14-16-26(17-15-24)22-35(30(20-25-10-6-4-7-11-25)33(39)34-27-12-8-5-9-13-27)32(38)23-36(45(3,42)43)29-21-28(37(40)41)18-19-31(29)44-2/h4,6-7,10-11,14-19,21,27,30H,5,8-9,12-13,20,22-23H2,1-3H3,(H,34,39). The van der Waals surface area contributed by atoms with Gasteiger partial charge in [0.05, 0.1) is 18.3 Å². The molecule has 1 fully saturated rings. The minimum absolute atomic E-state index is 0.0116. The number of hydrogen-bond acceptors (Lipinski definition) is 7. The number of carbonyl (C=O) groups excluding carboxylic acids is 2. The van der Waals surface area contributed by atoms with Crippen molar-refractivity contribution in [2.75, 3.05) is 24.2 Å². The van der Waals surface area contributed by atoms with Crippen LogP contribution in [0.3, 0.4) is 0 Å². The van der Waals surface area contributed by atoms with Gasteiger partial charge in [0.1, 0.15) is 24.0 Å². The molecule has 0 spiro atoms. The van der Waals surface area contributed by atoms with E-state index in [1.165, 1.54) is 24.1 Å². The van der Waals surface area contributed by atoms with E-state index < -0.39 is 33.4 Å². The Morgan fingerprint density at radius 3 is 2.27 bits per heavy atom. The fraction of sp³-hybridized carbons (Fsp3) is 0.394. The summed E-state index contributed by atoms with van der Waals surface area (Å²) in [4.78, 5) is 40.7. The van der Waals surface area contributed by atoms with Gasteiger partial charge < -0.3 is 15.0 Å². The number of nitro benzene ring substituents is 1. The maximum absolute atomic E-state index is 14.4. The van der Waals surface area contributed by atoms with Crippen molar-refractivity contribution in [2.45, 2.75) is 64.1 Å². The predicted octanol–water partition coefficient (Wildman–Crippen LogP) is 4.77. The average Bonchev–Trinajstić information content (AvgIpc) is 3.02. The maximum Gasteiger partial charge on any atom is 0.271 e. The van der Waals surface area contributed by atoms with E-state index in [2.05, 4.69) is 5.32 Å². The number of nitrogens with zero attached hydrogens (tertiary/aromatic N) is 3. The van der Waals surface area contributed by atoms with Crippen molar-refractivity contribution in [3.05, 3.63) is 99.6 Å². The average molecular weight is 637 g/mol. The van der Waals surface area contributed by atoms with Gasteiger partial charge in [0.2, 0.25) is 21.8 Å². The molecule has 3 aromatic carbocycles. The normalized spacial score (nSPS) is 14.3. The molecule has 2 amide bonds. The van der Waals surface area contributed by atoms with Gasteiger partial charge in [-0.1, -0.05) is 79.4 Å². The summed E-state index contributed by atoms with van der Waals surface area (Å²) in [5.74, 6) is -0.917. The lowest BCUT2D eigenvalue weighted by molar-refractivity contribution is -0.384. The van der Waals surface area contributed by atoms with Crippen molar-refractivity contribution < 1.29 is 27.7 Å². The summed E-state index contributed by atoms with van der Waals surface area (Å²) < 4.78 is 32.4. The molecule has 1 N–H and O–H groups in total. The largest absolute Gasteiger partial charge is 0.495 e. The number of amides is 2. The molecular weight excluding hydrogens is 596 g/mol. The number of rotatable bonds is 13. The van der Waals surface area contributed by atoms with Gasteiger partial charge in [0.15, 0.2) is 0 Å². The van der Waals surface area contributed by atoms with Gasteiger partial charge in [-0.05, 0) is 37.0 Å². The van der Waals surface area contributed by atoms with Crippen molar-refractivity contribution in [3.63, 3.8) is 0 Å². The molecule has 3 aromatic rings. The van der Waals surface area contributed by atoms with Crippen LogP contribution < -0.4 is 14.4 Å². The van der Waals surface area contributed by atoms with Gasteiger partial charge in [0, 0.05) is 31.1 Å². The second kappa shape index (κ2) is 15.0. The maximum atomic E-state index is 14.4. The van der Waals surface area contributed by atoms with Crippen LogP contribution in [-0.2, 0) is 32.6 Å². The quantitative estimate of drug-likeness (QED) is 0.211. The molecule has 1 atom stereocenters. The van der Waals surface area contributed by atoms with Crippen LogP contribution in [0.15, 0.2) is 72.8 Å². The van der Waals surface area contributed by atoms with E-state index in [-0.39, 0.29) is 42.0 Å². The summed E-state index contributed by atoms with van der Waals surface area (Å²) in [5, 5.41) is 14.7. The van der Waals surface area contributed by atoms with Crippen LogP contribution in [0.5, 0.6) is 5.75 Å². The number of non-ortho nitro benzene ring substituents is 1. The minimum atomic E-state index is -4.14. The van der Waals surface area contributed by atoms with E-state index in [4.69, 9.17) is 4.74 Å². The van der Waals surface area contributed by atoms with Crippen LogP contribution in [0, 0.1) is 17.0 Å². The number of sulfonamides is 1. The molecular formula is C33H40N4O7S. The molecule has 4 rings (SSSR count). The first-order chi connectivity index (χ1) is 21.5. The summed E-state index contributed by atoms with van der Waals surface area (Å²) in [6, 6.07) is 19.5. The molecule has 0 bridgehead atoms. The van der Waals surface area contributed by atoms with Crippen LogP contribution in [0.1, 0.15) is 48.8 Å². The third kappa shape index (κ3) is 9.04. The van der Waals surface area contributed by atoms with Gasteiger partial charge in [-0.3, -0.25) is 24.0 Å². The van der Waals surface area contributed by atoms with Crippen LogP contribution >= 0.6 is 0 Å². The highest BCUT2D eigenvalue weighted by Gasteiger charge is 2.35. The molecule has 45 heavy (non-hydrogen) atoms. The second-order valence-corrected chi connectivity index (χ2v) is 13.3. The van der Waals surface area contributed by atoms with Gasteiger partial charge in [-0.2, -0.15) is 0 Å². The highest BCUT2D eigenvalue weighted by Crippen LogP contribution is 2.34. The smallest absolute Gasteiger partial charge is 0.271 e. The fourth-order valence-electron chi connectivity index (χ4n) is 5.57. The van der Waals surface area contributed by atoms with Crippen molar-refractivity contribution in [1.29, 1.82) is 0 Å². The molecule has 1 unspecified atom stereocenters. The molecule has 0 saturated heterocycles. The van der Waals surface area contributed by atoms with Crippen LogP contribution in [0.25, 0.3) is 0 Å². The third-order valence-corrected chi connectivity index (χ3v) is 9.14. The predicted molar refractivity (Wildman–Crippen MR) is 173 cm³/mol. The van der Waals surface area contributed by atoms with Gasteiger partial charge in [-0.15, -0.1) is 0 Å². The van der Waals surface area contributed by atoms with Crippen molar-refractivity contribution in [1.82, 2.24) is 10.2 Å². The van der Waals surface area contributed by atoms with Gasteiger partial charge in [-0.25, -0.2) is 8.42 Å². The van der Waals surface area contributed by atoms with Gasteiger partial charge >= 0.3 is 0 Å². The summed E-state index contributed by atoms with van der Waals surface area (Å²) in [7, 11) is -2.84. The van der Waals surface area contributed by atoms with Crippen LogP contribution in [0.2, 0.25) is 0 Å². The molecule has 0 heterocycles. The van der Waals surface area contributed by atoms with E-state index in [0.717, 1.165) is 65.4 Å². The van der Waals surface area contributed by atoms with E-state index in [9.17, 15) is 28.1 Å². The zero-order valence-corrected chi connectivity index (χ0v) is 26.7. The molecule has 11 nitrogen and oxygen atoms in total. The Morgan fingerprint density at radius 1 is 1.00 bits per heavy atom. The number of anilines is 1. The summed E-state index contributed by atoms with van der Waals surface area (Å²) in [6.07, 6.45) is 5.95. The lowest BCUT2D eigenvalue weighted by Crippen LogP contribution is -2.55. The molecule has 240 valence electrons. The zero-order chi connectivity index (χ0) is 32.6. The first-order valence-electron chi connectivity index (χ1n) is 15.0. The number of benzene rings is 3. The SMILES string of the molecule is COc1ccc([N+](=O)[O-])cc1N(CC(=O)N(Cc1ccc(C)cc1)C(Cc1ccccc1)C(=O)NC1CCCCC1)S(C)(=O)=O. The highest BCUT2D eigenvalue weighted by molar-refractivity contribution is 7.92. The number of ether oxygens (including phenoxy) is 1. The minimum Gasteiger partial charge on any atom is -0.495 e. The van der Waals surface area contributed by atoms with Crippen molar-refractivity contribution >= 4 is 33.2 Å². The summed E-state index contributed by atoms with van der Waals surface area (Å²) in [5.41, 5.74) is 2.11. The van der Waals surface area contributed by atoms with E-state index in [1.807, 2.05) is 61.5 Å². The number of methoxy groups -OCH3 is 1. The van der Waals surface area contributed by atoms with Crippen molar-refractivity contribution in [2.24, 2.45) is 0 Å². The lowest BCUT2D eigenvalue weighted by Gasteiger charge is -2.35. The lowest BCUT2D eigenvalue weighted by atomic mass is 9.94. The Balaban J connectivity index is 1.77. The molecule has 0 radical (unpaired) electrons. The second-order valence-electron chi connectivity index (χ2n) is 11.4. The Kier molecular flexibility index (Phi) is 11.2. The van der Waals surface area contributed by atoms with Crippen LogP contribution in [0.4, 0.5) is 11.4 Å². The first-order valence-corrected chi connectivity index (χ1v) is 16.8. The first kappa shape index (κ1) is 33.4. The molecule has 0 aromatic heterocycles. The molecule has 12 heteroatoms. The Morgan fingerprint density at radius 2 is 1.67 bits per heavy atom. The summed E-state index contributed by atoms with van der Waals surface area (Å²) >= 11 is 0. The van der Waals surface area contributed by atoms with E-state index in [1.54, 1.807) is 0 Å². The number of nitro groups is 1. The zero-order valence-electron chi connectivity index (χ0n) is 25.8. The fourth-order valence-corrected chi connectivity index (χ4v) is 6.41. The highest BCUT2D eigenvalue weighted by atomic mass is 32.2. The monoisotopic (exact) mass is 636 g/mol. The molecule has 1 aliphatic carbocycles. The topological polar surface area (TPSA) is 139 Å². The number of aryl methyl sites for hydroxylation is 1. The Labute approximate surface area is 264 Å². The van der Waals surface area contributed by atoms with E-state index >= 15 is 0 Å².